The zero-order valence-electron chi connectivity index (χ0n) is 11.8. The number of nitrogens with one attached hydrogen (secondary N) is 1. The van der Waals surface area contributed by atoms with Crippen molar-refractivity contribution < 1.29 is 28.5 Å². The predicted octanol–water partition coefficient (Wildman–Crippen LogP) is 4.77. The SMILES string of the molecule is O=C(O)Nc1ccc(Cl)cc1C(O)c1cccc(OC(F)F)c1Cl. The van der Waals surface area contributed by atoms with E-state index in [1.807, 2.05) is 0 Å². The van der Waals surface area contributed by atoms with Crippen molar-refractivity contribution in [2.24, 2.45) is 0 Å². The van der Waals surface area contributed by atoms with Crippen molar-refractivity contribution in [3.05, 3.63) is 57.6 Å². The van der Waals surface area contributed by atoms with Crippen LogP contribution in [-0.4, -0.2) is 22.9 Å². The minimum atomic E-state index is -3.08. The number of aliphatic hydroxyl groups is 1. The van der Waals surface area contributed by atoms with Crippen LogP contribution in [0.15, 0.2) is 36.4 Å². The molecular formula is C15H11Cl2F2NO4. The van der Waals surface area contributed by atoms with Crippen LogP contribution < -0.4 is 10.1 Å². The maximum absolute atomic E-state index is 12.4. The number of amides is 1. The first kappa shape index (κ1) is 18.3. The van der Waals surface area contributed by atoms with E-state index in [9.17, 15) is 18.7 Å². The van der Waals surface area contributed by atoms with Gasteiger partial charge in [-0.15, -0.1) is 0 Å². The molecule has 0 aliphatic heterocycles. The number of rotatable bonds is 5. The van der Waals surface area contributed by atoms with Gasteiger partial charge in [0.25, 0.3) is 0 Å². The Kier molecular flexibility index (Phi) is 5.82. The normalized spacial score (nSPS) is 12.1. The summed E-state index contributed by atoms with van der Waals surface area (Å²) in [5, 5.41) is 21.5. The van der Waals surface area contributed by atoms with Crippen molar-refractivity contribution in [3.8, 4) is 5.75 Å². The van der Waals surface area contributed by atoms with E-state index < -0.39 is 18.8 Å². The Morgan fingerprint density at radius 1 is 1.17 bits per heavy atom. The Labute approximate surface area is 145 Å². The van der Waals surface area contributed by atoms with Crippen molar-refractivity contribution in [2.45, 2.75) is 12.7 Å². The molecule has 3 N–H and O–H groups in total. The van der Waals surface area contributed by atoms with Crippen LogP contribution in [0.5, 0.6) is 5.75 Å². The third-order valence-electron chi connectivity index (χ3n) is 3.05. The van der Waals surface area contributed by atoms with E-state index in [1.54, 1.807) is 0 Å². The molecule has 0 aliphatic carbocycles. The summed E-state index contributed by atoms with van der Waals surface area (Å²) in [5.41, 5.74) is 0.252. The molecule has 2 aromatic carbocycles. The Balaban J connectivity index is 2.47. The van der Waals surface area contributed by atoms with E-state index in [1.165, 1.54) is 36.4 Å². The Morgan fingerprint density at radius 2 is 1.88 bits per heavy atom. The standard InChI is InChI=1S/C15H11Cl2F2NO4/c16-7-4-5-10(20-15(22)23)9(6-7)13(21)8-2-1-3-11(12(8)17)24-14(18)19/h1-6,13-14,20-21H,(H,22,23). The number of ether oxygens (including phenoxy) is 1. The first-order valence-corrected chi connectivity index (χ1v) is 7.26. The average Bonchev–Trinajstić information content (AvgIpc) is 2.49. The number of halogens is 4. The van der Waals surface area contributed by atoms with Crippen LogP contribution in [0, 0.1) is 0 Å². The molecule has 0 spiro atoms. The highest BCUT2D eigenvalue weighted by molar-refractivity contribution is 6.33. The number of anilines is 1. The Morgan fingerprint density at radius 3 is 2.50 bits per heavy atom. The molecule has 1 unspecified atom stereocenters. The highest BCUT2D eigenvalue weighted by Crippen LogP contribution is 2.38. The molecule has 0 saturated carbocycles. The van der Waals surface area contributed by atoms with Gasteiger partial charge < -0.3 is 14.9 Å². The van der Waals surface area contributed by atoms with E-state index in [-0.39, 0.29) is 32.6 Å². The van der Waals surface area contributed by atoms with Gasteiger partial charge in [-0.3, -0.25) is 5.32 Å². The van der Waals surface area contributed by atoms with Crippen molar-refractivity contribution >= 4 is 35.0 Å². The van der Waals surface area contributed by atoms with Crippen molar-refractivity contribution in [1.82, 2.24) is 0 Å². The second kappa shape index (κ2) is 7.65. The quantitative estimate of drug-likeness (QED) is 0.701. The van der Waals surface area contributed by atoms with Gasteiger partial charge >= 0.3 is 12.7 Å². The summed E-state index contributed by atoms with van der Waals surface area (Å²) in [7, 11) is 0. The predicted molar refractivity (Wildman–Crippen MR) is 85.2 cm³/mol. The third kappa shape index (κ3) is 4.25. The monoisotopic (exact) mass is 377 g/mol. The summed E-state index contributed by atoms with van der Waals surface area (Å²) in [6, 6.07) is 8.13. The number of benzene rings is 2. The lowest BCUT2D eigenvalue weighted by Gasteiger charge is -2.18. The molecule has 9 heteroatoms. The summed E-state index contributed by atoms with van der Waals surface area (Å²) in [5.74, 6) is -0.307. The van der Waals surface area contributed by atoms with Crippen LogP contribution in [0.25, 0.3) is 0 Å². The Hall–Kier alpha value is -2.09. The van der Waals surface area contributed by atoms with Crippen LogP contribution in [0.3, 0.4) is 0 Å². The first-order valence-electron chi connectivity index (χ1n) is 6.50. The maximum Gasteiger partial charge on any atom is 0.409 e. The lowest BCUT2D eigenvalue weighted by atomic mass is 9.99. The minimum Gasteiger partial charge on any atom is -0.465 e. The second-order valence-electron chi connectivity index (χ2n) is 4.60. The van der Waals surface area contributed by atoms with Gasteiger partial charge in [-0.1, -0.05) is 35.3 Å². The molecule has 128 valence electrons. The molecule has 2 rings (SSSR count). The largest absolute Gasteiger partial charge is 0.465 e. The first-order chi connectivity index (χ1) is 11.3. The van der Waals surface area contributed by atoms with Crippen LogP contribution in [-0.2, 0) is 0 Å². The molecule has 0 saturated heterocycles. The smallest absolute Gasteiger partial charge is 0.409 e. The highest BCUT2D eigenvalue weighted by Gasteiger charge is 2.21. The number of alkyl halides is 2. The average molecular weight is 378 g/mol. The summed E-state index contributed by atoms with van der Waals surface area (Å²) in [4.78, 5) is 10.9. The maximum atomic E-state index is 12.4. The van der Waals surface area contributed by atoms with Gasteiger partial charge in [0.1, 0.15) is 11.9 Å². The minimum absolute atomic E-state index is 0.0607. The molecule has 0 bridgehead atoms. The van der Waals surface area contributed by atoms with E-state index in [0.29, 0.717) is 0 Å². The molecule has 24 heavy (non-hydrogen) atoms. The molecule has 5 nitrogen and oxygen atoms in total. The molecule has 0 radical (unpaired) electrons. The molecule has 1 atom stereocenters. The summed E-state index contributed by atoms with van der Waals surface area (Å²) >= 11 is 11.9. The number of hydrogen-bond donors (Lipinski definition) is 3. The summed E-state index contributed by atoms with van der Waals surface area (Å²) < 4.78 is 29.0. The van der Waals surface area contributed by atoms with E-state index >= 15 is 0 Å². The van der Waals surface area contributed by atoms with Gasteiger partial charge in [-0.2, -0.15) is 8.78 Å². The molecule has 0 aromatic heterocycles. The molecule has 1 amide bonds. The molecule has 2 aromatic rings. The third-order valence-corrected chi connectivity index (χ3v) is 3.69. The van der Waals surface area contributed by atoms with Gasteiger partial charge in [0.2, 0.25) is 0 Å². The van der Waals surface area contributed by atoms with Crippen molar-refractivity contribution in [1.29, 1.82) is 0 Å². The van der Waals surface area contributed by atoms with Crippen LogP contribution >= 0.6 is 23.2 Å². The van der Waals surface area contributed by atoms with Crippen molar-refractivity contribution in [3.63, 3.8) is 0 Å². The molecule has 0 heterocycles. The van der Waals surface area contributed by atoms with Gasteiger partial charge in [-0.05, 0) is 24.3 Å². The number of carbonyl (C=O) groups is 1. The fourth-order valence-electron chi connectivity index (χ4n) is 2.08. The zero-order chi connectivity index (χ0) is 17.9. The fourth-order valence-corrected chi connectivity index (χ4v) is 2.54. The fraction of sp³-hybridized carbons (Fsp3) is 0.133. The van der Waals surface area contributed by atoms with E-state index in [2.05, 4.69) is 10.1 Å². The molecule has 0 aliphatic rings. The Bertz CT molecular complexity index is 758. The van der Waals surface area contributed by atoms with Crippen molar-refractivity contribution in [2.75, 3.05) is 5.32 Å². The second-order valence-corrected chi connectivity index (χ2v) is 5.42. The highest BCUT2D eigenvalue weighted by atomic mass is 35.5. The zero-order valence-corrected chi connectivity index (χ0v) is 13.4. The van der Waals surface area contributed by atoms with Gasteiger partial charge in [0, 0.05) is 16.1 Å². The van der Waals surface area contributed by atoms with Gasteiger partial charge in [0.15, 0.2) is 0 Å². The topological polar surface area (TPSA) is 78.8 Å². The van der Waals surface area contributed by atoms with Crippen LogP contribution in [0.2, 0.25) is 10.0 Å². The summed E-state index contributed by atoms with van der Waals surface area (Å²) in [6.07, 6.45) is -2.76. The number of carboxylic acid groups (broad SMARTS) is 1. The lowest BCUT2D eigenvalue weighted by Crippen LogP contribution is -2.12. The van der Waals surface area contributed by atoms with E-state index in [4.69, 9.17) is 28.3 Å². The molecular weight excluding hydrogens is 367 g/mol. The van der Waals surface area contributed by atoms with E-state index in [0.717, 1.165) is 0 Å². The van der Waals surface area contributed by atoms with Crippen LogP contribution in [0.1, 0.15) is 17.2 Å². The lowest BCUT2D eigenvalue weighted by molar-refractivity contribution is -0.0499. The van der Waals surface area contributed by atoms with Crippen LogP contribution in [0.4, 0.5) is 19.3 Å². The van der Waals surface area contributed by atoms with Gasteiger partial charge in [0.05, 0.1) is 10.7 Å². The van der Waals surface area contributed by atoms with Gasteiger partial charge in [-0.25, -0.2) is 4.79 Å². The number of aliphatic hydroxyl groups excluding tert-OH is 1. The number of hydrogen-bond acceptors (Lipinski definition) is 3. The molecule has 0 fully saturated rings. The summed E-state index contributed by atoms with van der Waals surface area (Å²) in [6.45, 7) is -3.08.